The number of primary amides is 1. The maximum absolute atomic E-state index is 11.8. The molecule has 0 saturated heterocycles. The topological polar surface area (TPSA) is 92.5 Å². The molecule has 0 radical (unpaired) electrons. The van der Waals surface area contributed by atoms with Gasteiger partial charge in [0.05, 0.1) is 5.75 Å². The van der Waals surface area contributed by atoms with Crippen LogP contribution in [0.2, 0.25) is 0 Å². The molecule has 0 aliphatic heterocycles. The van der Waals surface area contributed by atoms with E-state index < -0.39 is 15.9 Å². The number of hydrogen-bond donors (Lipinski definition) is 2. The first-order chi connectivity index (χ1) is 9.91. The van der Waals surface area contributed by atoms with Crippen LogP contribution in [-0.2, 0) is 14.8 Å². The Balaban J connectivity index is 2.35. The van der Waals surface area contributed by atoms with Crippen molar-refractivity contribution in [2.45, 2.75) is 0 Å². The number of nitrogens with one attached hydrogen (secondary N) is 1. The number of nitrogens with two attached hydrogens (primary N) is 1. The number of hydrogen-bond acceptors (Lipinski definition) is 5. The molecular formula is C13H15N3O3S2. The third-order valence-electron chi connectivity index (χ3n) is 2.58. The van der Waals surface area contributed by atoms with E-state index in [1.165, 1.54) is 22.4 Å². The predicted octanol–water partition coefficient (Wildman–Crippen LogP) is 1.21. The Bertz CT molecular complexity index is 735. The average molecular weight is 325 g/mol. The molecule has 0 aliphatic carbocycles. The van der Waals surface area contributed by atoms with Crippen molar-refractivity contribution in [3.05, 3.63) is 43.0 Å². The van der Waals surface area contributed by atoms with Gasteiger partial charge in [-0.15, -0.1) is 22.7 Å². The summed E-state index contributed by atoms with van der Waals surface area (Å²) in [5.41, 5.74) is 5.19. The SMILES string of the molecule is C=CCS(=O)(=O)NN(CC(N)=O)c1cc2ccccc2s1. The molecule has 1 aromatic heterocycles. The molecule has 0 fully saturated rings. The first kappa shape index (κ1) is 15.5. The molecule has 3 N–H and O–H groups in total. The van der Waals surface area contributed by atoms with E-state index >= 15 is 0 Å². The lowest BCUT2D eigenvalue weighted by Crippen LogP contribution is -2.47. The minimum Gasteiger partial charge on any atom is -0.368 e. The molecule has 0 bridgehead atoms. The van der Waals surface area contributed by atoms with Crippen molar-refractivity contribution in [3.63, 3.8) is 0 Å². The van der Waals surface area contributed by atoms with E-state index in [2.05, 4.69) is 11.4 Å². The van der Waals surface area contributed by atoms with Crippen molar-refractivity contribution in [2.24, 2.45) is 5.73 Å². The van der Waals surface area contributed by atoms with Gasteiger partial charge in [-0.1, -0.05) is 24.3 Å². The van der Waals surface area contributed by atoms with E-state index in [4.69, 9.17) is 5.73 Å². The summed E-state index contributed by atoms with van der Waals surface area (Å²) in [6.45, 7) is 3.15. The zero-order chi connectivity index (χ0) is 15.5. The Morgan fingerprint density at radius 2 is 2.14 bits per heavy atom. The lowest BCUT2D eigenvalue weighted by Gasteiger charge is -2.21. The van der Waals surface area contributed by atoms with Crippen LogP contribution in [-0.4, -0.2) is 26.6 Å². The highest BCUT2D eigenvalue weighted by molar-refractivity contribution is 7.89. The van der Waals surface area contributed by atoms with Crippen LogP contribution in [0.25, 0.3) is 10.1 Å². The van der Waals surface area contributed by atoms with E-state index in [-0.39, 0.29) is 12.3 Å². The first-order valence-electron chi connectivity index (χ1n) is 6.07. The number of thiophene rings is 1. The average Bonchev–Trinajstić information content (AvgIpc) is 2.80. The lowest BCUT2D eigenvalue weighted by atomic mass is 10.3. The second-order valence-corrected chi connectivity index (χ2v) is 7.14. The second kappa shape index (κ2) is 6.25. The van der Waals surface area contributed by atoms with Crippen LogP contribution in [0.3, 0.4) is 0 Å². The van der Waals surface area contributed by atoms with Crippen LogP contribution in [0.1, 0.15) is 0 Å². The fourth-order valence-electron chi connectivity index (χ4n) is 1.77. The minimum absolute atomic E-state index is 0.243. The number of fused-ring (bicyclic) bond motifs is 1. The van der Waals surface area contributed by atoms with Gasteiger partial charge in [-0.05, 0) is 17.5 Å². The molecule has 0 atom stereocenters. The Hall–Kier alpha value is -1.90. The summed E-state index contributed by atoms with van der Waals surface area (Å²) in [6, 6.07) is 9.42. The van der Waals surface area contributed by atoms with Crippen molar-refractivity contribution in [1.29, 1.82) is 0 Å². The zero-order valence-electron chi connectivity index (χ0n) is 11.2. The van der Waals surface area contributed by atoms with Gasteiger partial charge in [0.15, 0.2) is 0 Å². The molecule has 1 heterocycles. The third-order valence-corrected chi connectivity index (χ3v) is 4.89. The van der Waals surface area contributed by atoms with Gasteiger partial charge >= 0.3 is 0 Å². The van der Waals surface area contributed by atoms with E-state index in [0.717, 1.165) is 10.1 Å². The highest BCUT2D eigenvalue weighted by Gasteiger charge is 2.18. The van der Waals surface area contributed by atoms with Crippen LogP contribution in [0.5, 0.6) is 0 Å². The van der Waals surface area contributed by atoms with Crippen LogP contribution < -0.4 is 15.6 Å². The minimum atomic E-state index is -3.61. The molecule has 2 rings (SSSR count). The molecule has 112 valence electrons. The number of nitrogens with zero attached hydrogens (tertiary/aromatic N) is 1. The monoisotopic (exact) mass is 325 g/mol. The fourth-order valence-corrected chi connectivity index (χ4v) is 3.74. The van der Waals surface area contributed by atoms with E-state index in [1.54, 1.807) is 6.07 Å². The van der Waals surface area contributed by atoms with Crippen molar-refractivity contribution in [3.8, 4) is 0 Å². The maximum atomic E-state index is 11.8. The van der Waals surface area contributed by atoms with Gasteiger partial charge in [-0.25, -0.2) is 8.42 Å². The molecule has 0 aliphatic rings. The number of benzene rings is 1. The number of hydrazine groups is 1. The Labute approximate surface area is 126 Å². The van der Waals surface area contributed by atoms with Crippen molar-refractivity contribution in [1.82, 2.24) is 4.83 Å². The van der Waals surface area contributed by atoms with Gasteiger partial charge in [-0.2, -0.15) is 0 Å². The summed E-state index contributed by atoms with van der Waals surface area (Å²) < 4.78 is 24.7. The highest BCUT2D eigenvalue weighted by Crippen LogP contribution is 2.31. The molecule has 0 spiro atoms. The van der Waals surface area contributed by atoms with E-state index in [0.29, 0.717) is 5.00 Å². The summed E-state index contributed by atoms with van der Waals surface area (Å²) in [4.78, 5) is 13.5. The van der Waals surface area contributed by atoms with Crippen LogP contribution >= 0.6 is 11.3 Å². The molecule has 1 amide bonds. The number of rotatable bonds is 7. The van der Waals surface area contributed by atoms with Crippen LogP contribution in [0.15, 0.2) is 43.0 Å². The molecule has 6 nitrogen and oxygen atoms in total. The van der Waals surface area contributed by atoms with Gasteiger partial charge in [-0.3, -0.25) is 9.80 Å². The molecule has 0 unspecified atom stereocenters. The molecular weight excluding hydrogens is 310 g/mol. The standard InChI is InChI=1S/C13H15N3O3S2/c1-2-7-21(18,19)15-16(9-12(14)17)13-8-10-5-3-4-6-11(10)20-13/h2-6,8,15H,1,7,9H2,(H2,14,17). The molecule has 8 heteroatoms. The van der Waals surface area contributed by atoms with Crippen molar-refractivity contribution >= 4 is 42.4 Å². The quantitative estimate of drug-likeness (QED) is 0.591. The largest absolute Gasteiger partial charge is 0.368 e. The van der Waals surface area contributed by atoms with Crippen molar-refractivity contribution in [2.75, 3.05) is 17.3 Å². The smallest absolute Gasteiger partial charge is 0.238 e. The Morgan fingerprint density at radius 1 is 1.43 bits per heavy atom. The van der Waals surface area contributed by atoms with E-state index in [9.17, 15) is 13.2 Å². The second-order valence-electron chi connectivity index (χ2n) is 4.34. The summed E-state index contributed by atoms with van der Waals surface area (Å²) in [7, 11) is -3.61. The Morgan fingerprint density at radius 3 is 2.76 bits per heavy atom. The van der Waals surface area contributed by atoms with Gasteiger partial charge in [0.2, 0.25) is 15.9 Å². The summed E-state index contributed by atoms with van der Waals surface area (Å²) in [6.07, 6.45) is 1.27. The number of carbonyl (C=O) groups excluding carboxylic acids is 1. The number of amides is 1. The fraction of sp³-hybridized carbons (Fsp3) is 0.154. The molecule has 21 heavy (non-hydrogen) atoms. The third kappa shape index (κ3) is 4.03. The molecule has 1 aromatic carbocycles. The van der Waals surface area contributed by atoms with Gasteiger partial charge < -0.3 is 5.73 Å². The normalized spacial score (nSPS) is 11.4. The van der Waals surface area contributed by atoms with E-state index in [1.807, 2.05) is 24.3 Å². The van der Waals surface area contributed by atoms with Gasteiger partial charge in [0.1, 0.15) is 11.5 Å². The van der Waals surface area contributed by atoms with Gasteiger partial charge in [0.25, 0.3) is 0 Å². The zero-order valence-corrected chi connectivity index (χ0v) is 12.8. The van der Waals surface area contributed by atoms with Crippen LogP contribution in [0.4, 0.5) is 5.00 Å². The summed E-state index contributed by atoms with van der Waals surface area (Å²) in [5.74, 6) is -0.874. The summed E-state index contributed by atoms with van der Waals surface area (Å²) >= 11 is 1.37. The first-order valence-corrected chi connectivity index (χ1v) is 8.53. The van der Waals surface area contributed by atoms with Crippen LogP contribution in [0, 0.1) is 0 Å². The number of sulfonamides is 1. The number of anilines is 1. The molecule has 0 saturated carbocycles. The number of carbonyl (C=O) groups is 1. The lowest BCUT2D eigenvalue weighted by molar-refractivity contribution is -0.116. The predicted molar refractivity (Wildman–Crippen MR) is 85.5 cm³/mol. The van der Waals surface area contributed by atoms with Crippen molar-refractivity contribution < 1.29 is 13.2 Å². The summed E-state index contributed by atoms with van der Waals surface area (Å²) in [5, 5.41) is 2.81. The van der Waals surface area contributed by atoms with Gasteiger partial charge in [0, 0.05) is 4.70 Å². The molecule has 2 aromatic rings. The highest BCUT2D eigenvalue weighted by atomic mass is 32.2. The Kier molecular flexibility index (Phi) is 4.61. The maximum Gasteiger partial charge on any atom is 0.238 e.